The highest BCUT2D eigenvalue weighted by molar-refractivity contribution is 8.24. The summed E-state index contributed by atoms with van der Waals surface area (Å²) in [5.41, 5.74) is 2.24. The van der Waals surface area contributed by atoms with E-state index < -0.39 is 22.1 Å². The maximum absolute atomic E-state index is 12.4. The first-order valence-electron chi connectivity index (χ1n) is 16.7. The van der Waals surface area contributed by atoms with Gasteiger partial charge < -0.3 is 19.2 Å². The van der Waals surface area contributed by atoms with E-state index in [4.69, 9.17) is 4.74 Å². The second-order valence-electron chi connectivity index (χ2n) is 13.8. The van der Waals surface area contributed by atoms with Crippen molar-refractivity contribution >= 4 is 16.3 Å². The molecule has 2 unspecified atom stereocenters. The van der Waals surface area contributed by atoms with Gasteiger partial charge in [-0.1, -0.05) is 51.7 Å². The molecule has 0 saturated carbocycles. The Labute approximate surface area is 261 Å². The van der Waals surface area contributed by atoms with E-state index in [1.54, 1.807) is 0 Å². The number of anilines is 1. The molecule has 3 fully saturated rings. The summed E-state index contributed by atoms with van der Waals surface area (Å²) in [6.45, 7) is 13.8. The summed E-state index contributed by atoms with van der Waals surface area (Å²) in [7, 11) is 0.885. The topological polar surface area (TPSA) is 76.4 Å². The van der Waals surface area contributed by atoms with Crippen molar-refractivity contribution in [1.82, 2.24) is 4.90 Å². The summed E-state index contributed by atoms with van der Waals surface area (Å²) in [4.78, 5) is 5.21. The van der Waals surface area contributed by atoms with Crippen LogP contribution >= 0.6 is 10.6 Å². The Morgan fingerprint density at radius 1 is 0.930 bits per heavy atom. The number of hydrogen-bond donors (Lipinski definition) is 3. The monoisotopic (exact) mass is 614 g/mol. The zero-order chi connectivity index (χ0) is 30.7. The molecule has 0 radical (unpaired) electrons. The van der Waals surface area contributed by atoms with Crippen LogP contribution in [-0.2, 0) is 0 Å². The molecule has 4 aliphatic heterocycles. The molecule has 2 atom stereocenters. The first kappa shape index (κ1) is 32.6. The van der Waals surface area contributed by atoms with Crippen molar-refractivity contribution in [3.8, 4) is 5.75 Å². The van der Waals surface area contributed by atoms with Gasteiger partial charge >= 0.3 is 0 Å². The van der Waals surface area contributed by atoms with Gasteiger partial charge in [-0.2, -0.15) is 10.6 Å². The number of rotatable bonds is 13. The molecule has 0 aromatic heterocycles. The molecule has 3 N–H and O–H groups in total. The molecule has 0 amide bonds. The molecule has 4 aliphatic rings. The predicted molar refractivity (Wildman–Crippen MR) is 179 cm³/mol. The molecule has 3 saturated heterocycles. The number of piperazine rings is 3. The molecule has 0 spiro atoms. The van der Waals surface area contributed by atoms with Crippen LogP contribution in [0.5, 0.6) is 5.75 Å². The second-order valence-corrected chi connectivity index (χ2v) is 15.8. The molecule has 6 rings (SSSR count). The van der Waals surface area contributed by atoms with Gasteiger partial charge in [-0.15, -0.1) is 0 Å². The van der Waals surface area contributed by atoms with E-state index in [1.165, 1.54) is 50.3 Å². The number of aliphatic hydroxyl groups excluding tert-OH is 1. The highest BCUT2D eigenvalue weighted by Crippen LogP contribution is 2.62. The summed E-state index contributed by atoms with van der Waals surface area (Å²) in [5, 5.41) is 12.4. The molecular formula is C35H56N3O4S+. The van der Waals surface area contributed by atoms with Gasteiger partial charge in [0.25, 0.3) is 0 Å². The average molecular weight is 615 g/mol. The minimum Gasteiger partial charge on any atom is -0.493 e. The number of unbranched alkanes of at least 4 members (excludes halogenated alkanes) is 2. The fourth-order valence-electron chi connectivity index (χ4n) is 7.86. The Bertz CT molecular complexity index is 1170. The van der Waals surface area contributed by atoms with Crippen LogP contribution in [0.15, 0.2) is 47.4 Å². The molecule has 8 heteroatoms. The van der Waals surface area contributed by atoms with E-state index in [-0.39, 0.29) is 11.7 Å². The van der Waals surface area contributed by atoms with E-state index in [0.717, 1.165) is 67.5 Å². The van der Waals surface area contributed by atoms with Crippen LogP contribution in [0.1, 0.15) is 75.8 Å². The standard InChI is InChI=1S/C35H55N3O4S/c1-5-7-16-35(17-8-6-2)27-43(40,41)32-15-12-29(36(3)4)26-31(32)33(34(35)39)28-10-13-30(14-11-28)42-25-9-21-38-22-18-37(19-23-38)20-24-38/h10-15,26,33-34,39H,5-9,16-25,27H2,1-4H3,(H-,40,41)/p+1. The normalized spacial score (nSPS) is 28.1. The summed E-state index contributed by atoms with van der Waals surface area (Å²) >= 11 is 0. The third-order valence-corrected chi connectivity index (χ3v) is 12.7. The second kappa shape index (κ2) is 13.7. The minimum absolute atomic E-state index is 0.213. The zero-order valence-corrected chi connectivity index (χ0v) is 27.8. The van der Waals surface area contributed by atoms with Crippen LogP contribution in [0.2, 0.25) is 0 Å². The first-order chi connectivity index (χ1) is 20.6. The van der Waals surface area contributed by atoms with Crippen LogP contribution < -0.4 is 9.64 Å². The van der Waals surface area contributed by atoms with Crippen molar-refractivity contribution in [1.29, 1.82) is 0 Å². The molecule has 2 aromatic rings. The van der Waals surface area contributed by atoms with Gasteiger partial charge in [0.15, 0.2) is 0 Å². The Morgan fingerprint density at radius 2 is 1.56 bits per heavy atom. The van der Waals surface area contributed by atoms with E-state index >= 15 is 0 Å². The third kappa shape index (κ3) is 7.05. The molecular weight excluding hydrogens is 558 g/mol. The van der Waals surface area contributed by atoms with Gasteiger partial charge in [-0.05, 0) is 54.3 Å². The maximum Gasteiger partial charge on any atom is 0.119 e. The molecule has 0 aliphatic carbocycles. The SMILES string of the molecule is CCCCC1(CCCC)CS(O)(O)c2ccc(N(C)C)cc2C(c2ccc(OCCC[N+]34CCN(CC3)CC4)cc2)C1O. The van der Waals surface area contributed by atoms with Crippen molar-refractivity contribution in [2.75, 3.05) is 77.2 Å². The lowest BCUT2D eigenvalue weighted by atomic mass is 9.68. The van der Waals surface area contributed by atoms with Gasteiger partial charge in [0, 0.05) is 57.2 Å². The van der Waals surface area contributed by atoms with E-state index in [2.05, 4.69) is 36.9 Å². The quantitative estimate of drug-likeness (QED) is 0.173. The Morgan fingerprint density at radius 3 is 2.14 bits per heavy atom. The van der Waals surface area contributed by atoms with Crippen molar-refractivity contribution in [2.24, 2.45) is 5.41 Å². The molecule has 240 valence electrons. The van der Waals surface area contributed by atoms with Crippen molar-refractivity contribution in [2.45, 2.75) is 75.7 Å². The number of quaternary nitrogens is 1. The third-order valence-electron chi connectivity index (χ3n) is 10.6. The van der Waals surface area contributed by atoms with Crippen LogP contribution in [0.25, 0.3) is 0 Å². The summed E-state index contributed by atoms with van der Waals surface area (Å²) < 4.78 is 31.0. The molecule has 43 heavy (non-hydrogen) atoms. The summed E-state index contributed by atoms with van der Waals surface area (Å²) in [6, 6.07) is 14.2. The fourth-order valence-corrected chi connectivity index (χ4v) is 10.1. The smallest absolute Gasteiger partial charge is 0.119 e. The number of fused-ring (bicyclic) bond motifs is 4. The average Bonchev–Trinajstić information content (AvgIpc) is 3.08. The number of nitrogens with zero attached hydrogens (tertiary/aromatic N) is 3. The lowest BCUT2D eigenvalue weighted by Gasteiger charge is -2.50. The van der Waals surface area contributed by atoms with Crippen LogP contribution in [0, 0.1) is 5.41 Å². The highest BCUT2D eigenvalue weighted by Gasteiger charge is 2.49. The lowest BCUT2D eigenvalue weighted by molar-refractivity contribution is -0.941. The Kier molecular flexibility index (Phi) is 10.4. The van der Waals surface area contributed by atoms with Gasteiger partial charge in [-0.3, -0.25) is 14.0 Å². The Hall–Kier alpha value is -1.81. The van der Waals surface area contributed by atoms with E-state index in [9.17, 15) is 14.2 Å². The van der Waals surface area contributed by atoms with Crippen LogP contribution in [0.4, 0.5) is 5.69 Å². The van der Waals surface area contributed by atoms with Gasteiger partial charge in [0.05, 0.1) is 49.5 Å². The van der Waals surface area contributed by atoms with E-state index in [1.807, 2.05) is 43.3 Å². The van der Waals surface area contributed by atoms with Crippen LogP contribution in [-0.4, -0.2) is 102 Å². The minimum atomic E-state index is -3.11. The van der Waals surface area contributed by atoms with Crippen molar-refractivity contribution < 1.29 is 23.4 Å². The van der Waals surface area contributed by atoms with Crippen LogP contribution in [0.3, 0.4) is 0 Å². The molecule has 7 nitrogen and oxygen atoms in total. The Balaban J connectivity index is 1.41. The number of hydrogen-bond acceptors (Lipinski definition) is 6. The molecule has 2 bridgehead atoms. The zero-order valence-electron chi connectivity index (χ0n) is 27.0. The van der Waals surface area contributed by atoms with Gasteiger partial charge in [0.2, 0.25) is 0 Å². The lowest BCUT2D eigenvalue weighted by Crippen LogP contribution is -2.67. The van der Waals surface area contributed by atoms with Crippen molar-refractivity contribution in [3.05, 3.63) is 53.6 Å². The molecule has 4 heterocycles. The van der Waals surface area contributed by atoms with Gasteiger partial charge in [-0.25, -0.2) is 0 Å². The van der Waals surface area contributed by atoms with Gasteiger partial charge in [0.1, 0.15) is 5.75 Å². The van der Waals surface area contributed by atoms with Crippen molar-refractivity contribution in [3.63, 3.8) is 0 Å². The fraction of sp³-hybridized carbons (Fsp3) is 0.657. The number of benzene rings is 2. The predicted octanol–water partition coefficient (Wildman–Crippen LogP) is 6.65. The summed E-state index contributed by atoms with van der Waals surface area (Å²) in [6.07, 6.45) is 5.80. The number of ether oxygens (including phenoxy) is 1. The summed E-state index contributed by atoms with van der Waals surface area (Å²) in [5.74, 6) is 0.704. The highest BCUT2D eigenvalue weighted by atomic mass is 32.3. The first-order valence-corrected chi connectivity index (χ1v) is 18.4. The maximum atomic E-state index is 12.4. The largest absolute Gasteiger partial charge is 0.493 e. The molecule has 2 aromatic carbocycles. The number of aliphatic hydroxyl groups is 1. The van der Waals surface area contributed by atoms with E-state index in [0.29, 0.717) is 11.5 Å².